The SMILES string of the molecule is COc1cccc(C(=O)N2CCC(C)(O)C2)c1O. The number of benzene rings is 1. The molecule has 0 aromatic heterocycles. The van der Waals surface area contributed by atoms with Crippen molar-refractivity contribution in [3.8, 4) is 11.5 Å². The third kappa shape index (κ3) is 2.26. The number of para-hydroxylation sites is 1. The van der Waals surface area contributed by atoms with E-state index < -0.39 is 5.60 Å². The van der Waals surface area contributed by atoms with Crippen LogP contribution in [0.5, 0.6) is 11.5 Å². The van der Waals surface area contributed by atoms with Gasteiger partial charge in [0.15, 0.2) is 11.5 Å². The summed E-state index contributed by atoms with van der Waals surface area (Å²) < 4.78 is 4.97. The molecular formula is C13H17NO4. The summed E-state index contributed by atoms with van der Waals surface area (Å²) >= 11 is 0. The van der Waals surface area contributed by atoms with Crippen molar-refractivity contribution in [2.75, 3.05) is 20.2 Å². The van der Waals surface area contributed by atoms with Crippen LogP contribution in [0.1, 0.15) is 23.7 Å². The molecule has 0 spiro atoms. The Morgan fingerprint density at radius 1 is 1.50 bits per heavy atom. The molecule has 0 aliphatic carbocycles. The minimum absolute atomic E-state index is 0.156. The van der Waals surface area contributed by atoms with E-state index in [0.717, 1.165) is 0 Å². The van der Waals surface area contributed by atoms with Crippen molar-refractivity contribution in [3.63, 3.8) is 0 Å². The number of carbonyl (C=O) groups is 1. The molecular weight excluding hydrogens is 234 g/mol. The van der Waals surface area contributed by atoms with E-state index in [9.17, 15) is 15.0 Å². The molecule has 1 atom stereocenters. The second-order valence-corrected chi connectivity index (χ2v) is 4.83. The van der Waals surface area contributed by atoms with Gasteiger partial charge in [-0.3, -0.25) is 4.79 Å². The summed E-state index contributed by atoms with van der Waals surface area (Å²) in [6.07, 6.45) is 0.545. The van der Waals surface area contributed by atoms with Gasteiger partial charge >= 0.3 is 0 Å². The lowest BCUT2D eigenvalue weighted by atomic mass is 10.1. The Labute approximate surface area is 106 Å². The Morgan fingerprint density at radius 2 is 2.22 bits per heavy atom. The van der Waals surface area contributed by atoms with Crippen molar-refractivity contribution < 1.29 is 19.7 Å². The molecule has 1 aliphatic heterocycles. The number of amides is 1. The molecule has 2 N–H and O–H groups in total. The van der Waals surface area contributed by atoms with Gasteiger partial charge in [-0.25, -0.2) is 0 Å². The fraction of sp³-hybridized carbons (Fsp3) is 0.462. The monoisotopic (exact) mass is 251 g/mol. The first-order valence-electron chi connectivity index (χ1n) is 5.82. The average molecular weight is 251 g/mol. The number of carbonyl (C=O) groups excluding carboxylic acids is 1. The standard InChI is InChI=1S/C13H17NO4/c1-13(17)6-7-14(8-13)12(16)9-4-3-5-10(18-2)11(9)15/h3-5,15,17H,6-8H2,1-2H3. The summed E-state index contributed by atoms with van der Waals surface area (Å²) in [6, 6.07) is 4.79. The molecule has 1 aromatic rings. The number of hydrogen-bond donors (Lipinski definition) is 2. The zero-order valence-electron chi connectivity index (χ0n) is 10.5. The van der Waals surface area contributed by atoms with E-state index in [2.05, 4.69) is 0 Å². The number of phenolic OH excluding ortho intramolecular Hbond substituents is 1. The van der Waals surface area contributed by atoms with Gasteiger partial charge in [-0.05, 0) is 25.5 Å². The second-order valence-electron chi connectivity index (χ2n) is 4.83. The van der Waals surface area contributed by atoms with Crippen LogP contribution in [-0.4, -0.2) is 46.8 Å². The van der Waals surface area contributed by atoms with Gasteiger partial charge in [-0.1, -0.05) is 6.07 Å². The van der Waals surface area contributed by atoms with Crippen molar-refractivity contribution in [2.45, 2.75) is 18.9 Å². The maximum Gasteiger partial charge on any atom is 0.257 e. The predicted octanol–water partition coefficient (Wildman–Crippen LogP) is 0.998. The summed E-state index contributed by atoms with van der Waals surface area (Å²) in [4.78, 5) is 13.8. The van der Waals surface area contributed by atoms with Gasteiger partial charge in [-0.2, -0.15) is 0 Å². The molecule has 1 heterocycles. The lowest BCUT2D eigenvalue weighted by Gasteiger charge is -2.19. The maximum atomic E-state index is 12.2. The van der Waals surface area contributed by atoms with Crippen LogP contribution in [0.2, 0.25) is 0 Å². The minimum atomic E-state index is -0.843. The van der Waals surface area contributed by atoms with Gasteiger partial charge in [-0.15, -0.1) is 0 Å². The van der Waals surface area contributed by atoms with Crippen molar-refractivity contribution >= 4 is 5.91 Å². The molecule has 0 saturated carbocycles. The number of hydrogen-bond acceptors (Lipinski definition) is 4. The smallest absolute Gasteiger partial charge is 0.257 e. The quantitative estimate of drug-likeness (QED) is 0.822. The highest BCUT2D eigenvalue weighted by atomic mass is 16.5. The van der Waals surface area contributed by atoms with Crippen LogP contribution in [0.3, 0.4) is 0 Å². The summed E-state index contributed by atoms with van der Waals surface area (Å²) in [6.45, 7) is 2.47. The topological polar surface area (TPSA) is 70.0 Å². The number of phenols is 1. The first-order chi connectivity index (χ1) is 8.44. The Hall–Kier alpha value is -1.75. The molecule has 1 amide bonds. The average Bonchev–Trinajstić information content (AvgIpc) is 2.69. The summed E-state index contributed by atoms with van der Waals surface area (Å²) in [5.74, 6) is -0.174. The van der Waals surface area contributed by atoms with E-state index in [0.29, 0.717) is 13.0 Å². The minimum Gasteiger partial charge on any atom is -0.504 e. The van der Waals surface area contributed by atoms with Crippen LogP contribution in [-0.2, 0) is 0 Å². The third-order valence-electron chi connectivity index (χ3n) is 3.19. The number of aliphatic hydroxyl groups is 1. The molecule has 5 nitrogen and oxygen atoms in total. The number of likely N-dealkylation sites (tertiary alicyclic amines) is 1. The Kier molecular flexibility index (Phi) is 3.17. The lowest BCUT2D eigenvalue weighted by molar-refractivity contribution is 0.0570. The van der Waals surface area contributed by atoms with Crippen LogP contribution >= 0.6 is 0 Å². The Morgan fingerprint density at radius 3 is 2.78 bits per heavy atom. The Balaban J connectivity index is 2.25. The highest BCUT2D eigenvalue weighted by molar-refractivity contribution is 5.97. The first-order valence-corrected chi connectivity index (χ1v) is 5.82. The van der Waals surface area contributed by atoms with Gasteiger partial charge in [0, 0.05) is 13.1 Å². The van der Waals surface area contributed by atoms with Gasteiger partial charge in [0.25, 0.3) is 5.91 Å². The number of β-amino-alcohol motifs (C(OH)–C–C–N with tert-alkyl or cyclic N) is 1. The summed E-state index contributed by atoms with van der Waals surface area (Å²) in [5, 5.41) is 19.8. The lowest BCUT2D eigenvalue weighted by Crippen LogP contribution is -2.33. The molecule has 5 heteroatoms. The van der Waals surface area contributed by atoms with Gasteiger partial charge in [0.2, 0.25) is 0 Å². The zero-order valence-corrected chi connectivity index (χ0v) is 10.5. The van der Waals surface area contributed by atoms with Gasteiger partial charge in [0.05, 0.1) is 18.3 Å². The van der Waals surface area contributed by atoms with E-state index >= 15 is 0 Å². The molecule has 1 aromatic carbocycles. The van der Waals surface area contributed by atoms with E-state index in [1.807, 2.05) is 0 Å². The van der Waals surface area contributed by atoms with E-state index in [4.69, 9.17) is 4.74 Å². The summed E-state index contributed by atoms with van der Waals surface area (Å²) in [5.41, 5.74) is -0.642. The number of aromatic hydroxyl groups is 1. The second kappa shape index (κ2) is 4.49. The van der Waals surface area contributed by atoms with Gasteiger partial charge in [0.1, 0.15) is 0 Å². The molecule has 18 heavy (non-hydrogen) atoms. The highest BCUT2D eigenvalue weighted by Gasteiger charge is 2.35. The number of nitrogens with zero attached hydrogens (tertiary/aromatic N) is 1. The van der Waals surface area contributed by atoms with Gasteiger partial charge < -0.3 is 19.8 Å². The fourth-order valence-electron chi connectivity index (χ4n) is 2.15. The molecule has 1 unspecified atom stereocenters. The van der Waals surface area contributed by atoms with Crippen LogP contribution < -0.4 is 4.74 Å². The van der Waals surface area contributed by atoms with Crippen LogP contribution in [0.15, 0.2) is 18.2 Å². The normalized spacial score (nSPS) is 23.2. The van der Waals surface area contributed by atoms with Crippen LogP contribution in [0.25, 0.3) is 0 Å². The molecule has 2 rings (SSSR count). The van der Waals surface area contributed by atoms with Crippen molar-refractivity contribution in [3.05, 3.63) is 23.8 Å². The summed E-state index contributed by atoms with van der Waals surface area (Å²) in [7, 11) is 1.43. The van der Waals surface area contributed by atoms with Crippen molar-refractivity contribution in [1.29, 1.82) is 0 Å². The number of methoxy groups -OCH3 is 1. The zero-order chi connectivity index (χ0) is 13.3. The van der Waals surface area contributed by atoms with Crippen LogP contribution in [0, 0.1) is 0 Å². The predicted molar refractivity (Wildman–Crippen MR) is 65.8 cm³/mol. The largest absolute Gasteiger partial charge is 0.504 e. The molecule has 1 fully saturated rings. The van der Waals surface area contributed by atoms with Crippen LogP contribution in [0.4, 0.5) is 0 Å². The van der Waals surface area contributed by atoms with Crippen molar-refractivity contribution in [2.24, 2.45) is 0 Å². The van der Waals surface area contributed by atoms with E-state index in [1.54, 1.807) is 25.1 Å². The van der Waals surface area contributed by atoms with Crippen molar-refractivity contribution in [1.82, 2.24) is 4.90 Å². The molecule has 98 valence electrons. The number of ether oxygens (including phenoxy) is 1. The molecule has 0 radical (unpaired) electrons. The third-order valence-corrected chi connectivity index (χ3v) is 3.19. The molecule has 1 aliphatic rings. The Bertz CT molecular complexity index is 470. The molecule has 1 saturated heterocycles. The fourth-order valence-corrected chi connectivity index (χ4v) is 2.15. The number of rotatable bonds is 2. The highest BCUT2D eigenvalue weighted by Crippen LogP contribution is 2.31. The van der Waals surface area contributed by atoms with E-state index in [-0.39, 0.29) is 29.5 Å². The first kappa shape index (κ1) is 12.7. The molecule has 0 bridgehead atoms. The van der Waals surface area contributed by atoms with E-state index in [1.165, 1.54) is 12.0 Å². The maximum absolute atomic E-state index is 12.2.